The molecule has 2 nitrogen and oxygen atoms in total. The van der Waals surface area contributed by atoms with Crippen molar-refractivity contribution in [2.45, 2.75) is 0 Å². The minimum Gasteiger partial charge on any atom is -0.522 e. The molecule has 98 valence electrons. The van der Waals surface area contributed by atoms with Gasteiger partial charge in [0.25, 0.3) is 0 Å². The summed E-state index contributed by atoms with van der Waals surface area (Å²) in [5.41, 5.74) is 1.33. The van der Waals surface area contributed by atoms with Crippen LogP contribution in [0.5, 0.6) is 5.75 Å². The molecule has 0 aliphatic rings. The van der Waals surface area contributed by atoms with E-state index in [9.17, 15) is 12.9 Å². The van der Waals surface area contributed by atoms with E-state index in [1.165, 1.54) is 6.07 Å². The van der Waals surface area contributed by atoms with Gasteiger partial charge in [-0.15, -0.1) is 0 Å². The molecule has 0 aliphatic carbocycles. The molecule has 19 heavy (non-hydrogen) atoms. The summed E-state index contributed by atoms with van der Waals surface area (Å²) in [7, 11) is 0. The Morgan fingerprint density at radius 1 is 0.947 bits per heavy atom. The zero-order chi connectivity index (χ0) is 13.5. The van der Waals surface area contributed by atoms with E-state index in [1.54, 1.807) is 12.1 Å². The zero-order valence-corrected chi connectivity index (χ0v) is 9.78. The van der Waals surface area contributed by atoms with Gasteiger partial charge >= 0.3 is 6.98 Å². The Morgan fingerprint density at radius 2 is 1.68 bits per heavy atom. The molecule has 0 amide bonds. The highest BCUT2D eigenvalue weighted by molar-refractivity contribution is 6.58. The summed E-state index contributed by atoms with van der Waals surface area (Å²) in [6.45, 7) is -6.18. The van der Waals surface area contributed by atoms with Crippen molar-refractivity contribution in [1.82, 2.24) is 0 Å². The summed E-state index contributed by atoms with van der Waals surface area (Å²) >= 11 is 0. The van der Waals surface area contributed by atoms with Gasteiger partial charge in [0.2, 0.25) is 0 Å². The van der Waals surface area contributed by atoms with Crippen molar-refractivity contribution in [2.75, 3.05) is 6.51 Å². The van der Waals surface area contributed by atoms with Crippen LogP contribution in [0.15, 0.2) is 46.9 Å². The minimum atomic E-state index is -4.95. The van der Waals surface area contributed by atoms with Crippen LogP contribution in [-0.2, 0) is 0 Å². The van der Waals surface area contributed by atoms with Crippen LogP contribution in [0, 0.1) is 0 Å². The number of hydrogen-bond donors (Lipinski definition) is 0. The summed E-state index contributed by atoms with van der Waals surface area (Å²) in [5, 5.41) is 1.61. The normalized spacial score (nSPS) is 12.2. The van der Waals surface area contributed by atoms with Gasteiger partial charge in [0, 0.05) is 10.8 Å². The van der Waals surface area contributed by atoms with Crippen LogP contribution >= 0.6 is 0 Å². The number of rotatable bonds is 3. The van der Waals surface area contributed by atoms with E-state index in [1.807, 2.05) is 24.3 Å². The molecule has 3 aromatic rings. The molecule has 0 atom stereocenters. The molecule has 0 N–H and O–H groups in total. The van der Waals surface area contributed by atoms with Crippen molar-refractivity contribution in [3.63, 3.8) is 0 Å². The third-order valence-electron chi connectivity index (χ3n) is 2.79. The lowest BCUT2D eigenvalue weighted by atomic mass is 9.95. The molecule has 0 spiro atoms. The second-order valence-corrected chi connectivity index (χ2v) is 4.28. The largest absolute Gasteiger partial charge is 0.522 e. The Labute approximate surface area is 106 Å². The molecule has 1 aromatic heterocycles. The molecular formula is C13H9BF3O2-. The first-order valence-corrected chi connectivity index (χ1v) is 5.78. The number of ether oxygens (including phenoxy) is 1. The predicted molar refractivity (Wildman–Crippen MR) is 68.3 cm³/mol. The average molecular weight is 265 g/mol. The van der Waals surface area contributed by atoms with Crippen LogP contribution in [0.25, 0.3) is 21.9 Å². The smallest absolute Gasteiger partial charge is 0.515 e. The van der Waals surface area contributed by atoms with Crippen LogP contribution in [0.1, 0.15) is 0 Å². The standard InChI is InChI=1S/C13H9BF3O2/c15-14(16,17)8-18-9-5-6-13-11(7-9)10-3-1-2-4-12(10)19-13/h1-7H,8H2/q-1. The third-order valence-corrected chi connectivity index (χ3v) is 2.79. The first-order chi connectivity index (χ1) is 9.03. The van der Waals surface area contributed by atoms with Crippen LogP contribution in [0.4, 0.5) is 12.9 Å². The topological polar surface area (TPSA) is 22.4 Å². The van der Waals surface area contributed by atoms with Crippen molar-refractivity contribution in [2.24, 2.45) is 0 Å². The Bertz CT molecular complexity index is 733. The highest BCUT2D eigenvalue weighted by Gasteiger charge is 2.24. The summed E-state index contributed by atoms with van der Waals surface area (Å²) in [4.78, 5) is 0. The van der Waals surface area contributed by atoms with E-state index in [-0.39, 0.29) is 5.75 Å². The summed E-state index contributed by atoms with van der Waals surface area (Å²) < 4.78 is 46.8. The minimum absolute atomic E-state index is 0.193. The average Bonchev–Trinajstić information content (AvgIpc) is 2.73. The molecule has 1 heterocycles. The molecule has 0 saturated carbocycles. The summed E-state index contributed by atoms with van der Waals surface area (Å²) in [6, 6.07) is 12.0. The maximum atomic E-state index is 12.2. The van der Waals surface area contributed by atoms with E-state index < -0.39 is 13.5 Å². The second-order valence-electron chi connectivity index (χ2n) is 4.28. The van der Waals surface area contributed by atoms with Gasteiger partial charge in [-0.3, -0.25) is 0 Å². The third kappa shape index (κ3) is 2.38. The molecule has 0 aliphatic heterocycles. The maximum Gasteiger partial charge on any atom is 0.515 e. The first-order valence-electron chi connectivity index (χ1n) is 5.78. The van der Waals surface area contributed by atoms with Crippen LogP contribution < -0.4 is 4.74 Å². The van der Waals surface area contributed by atoms with Crippen LogP contribution in [-0.4, -0.2) is 13.5 Å². The predicted octanol–water partition coefficient (Wildman–Crippen LogP) is 4.35. The van der Waals surface area contributed by atoms with Crippen LogP contribution in [0.3, 0.4) is 0 Å². The first kappa shape index (κ1) is 12.0. The number of benzene rings is 2. The lowest BCUT2D eigenvalue weighted by Gasteiger charge is -2.14. The van der Waals surface area contributed by atoms with Crippen LogP contribution in [0.2, 0.25) is 0 Å². The number of hydrogen-bond acceptors (Lipinski definition) is 2. The van der Waals surface area contributed by atoms with E-state index >= 15 is 0 Å². The molecule has 6 heteroatoms. The molecular weight excluding hydrogens is 256 g/mol. The summed E-state index contributed by atoms with van der Waals surface area (Å²) in [5.74, 6) is 0.193. The molecule has 0 saturated heterocycles. The molecule has 0 unspecified atom stereocenters. The Balaban J connectivity index is 2.02. The van der Waals surface area contributed by atoms with Gasteiger partial charge in [-0.2, -0.15) is 0 Å². The maximum absolute atomic E-state index is 12.2. The lowest BCUT2D eigenvalue weighted by molar-refractivity contribution is 0.313. The number of furan rings is 1. The molecule has 3 rings (SSSR count). The van der Waals surface area contributed by atoms with Gasteiger partial charge in [0.15, 0.2) is 0 Å². The quantitative estimate of drug-likeness (QED) is 0.657. The van der Waals surface area contributed by atoms with Crippen molar-refractivity contribution in [3.05, 3.63) is 42.5 Å². The van der Waals surface area contributed by atoms with E-state index in [4.69, 9.17) is 9.15 Å². The summed E-state index contributed by atoms with van der Waals surface area (Å²) in [6.07, 6.45) is 0. The van der Waals surface area contributed by atoms with Crippen molar-refractivity contribution >= 4 is 28.9 Å². The fourth-order valence-corrected chi connectivity index (χ4v) is 1.99. The van der Waals surface area contributed by atoms with E-state index in [0.717, 1.165) is 10.8 Å². The molecule has 0 fully saturated rings. The van der Waals surface area contributed by atoms with Crippen molar-refractivity contribution in [3.8, 4) is 5.75 Å². The fraction of sp³-hybridized carbons (Fsp3) is 0.0769. The zero-order valence-electron chi connectivity index (χ0n) is 9.78. The van der Waals surface area contributed by atoms with Crippen molar-refractivity contribution in [1.29, 1.82) is 0 Å². The van der Waals surface area contributed by atoms with Gasteiger partial charge in [-0.05, 0) is 24.3 Å². The Hall–Kier alpha value is -2.11. The molecule has 2 aromatic carbocycles. The number of para-hydroxylation sites is 1. The SMILES string of the molecule is F[B-](F)(F)COc1ccc2oc3ccccc3c2c1. The molecule has 0 radical (unpaired) electrons. The van der Waals surface area contributed by atoms with E-state index in [2.05, 4.69) is 0 Å². The van der Waals surface area contributed by atoms with E-state index in [0.29, 0.717) is 11.2 Å². The molecule has 0 bridgehead atoms. The lowest BCUT2D eigenvalue weighted by Crippen LogP contribution is -2.26. The number of halogens is 3. The highest BCUT2D eigenvalue weighted by Crippen LogP contribution is 2.31. The van der Waals surface area contributed by atoms with Gasteiger partial charge in [-0.1, -0.05) is 18.2 Å². The van der Waals surface area contributed by atoms with Gasteiger partial charge in [0.1, 0.15) is 16.9 Å². The van der Waals surface area contributed by atoms with Gasteiger partial charge < -0.3 is 22.1 Å². The second kappa shape index (κ2) is 4.22. The van der Waals surface area contributed by atoms with Gasteiger partial charge in [-0.25, -0.2) is 0 Å². The Morgan fingerprint density at radius 3 is 2.47 bits per heavy atom. The number of fused-ring (bicyclic) bond motifs is 3. The fourth-order valence-electron chi connectivity index (χ4n) is 1.99. The monoisotopic (exact) mass is 265 g/mol. The highest BCUT2D eigenvalue weighted by atomic mass is 19.4. The van der Waals surface area contributed by atoms with Gasteiger partial charge in [0.05, 0.1) is 6.51 Å². The van der Waals surface area contributed by atoms with Crippen molar-refractivity contribution < 1.29 is 22.1 Å². The Kier molecular flexibility index (Phi) is 2.66.